The largest absolute Gasteiger partial charge is 0.383 e. The van der Waals surface area contributed by atoms with E-state index in [1.54, 1.807) is 20.1 Å². The molecule has 5 heteroatoms. The summed E-state index contributed by atoms with van der Waals surface area (Å²) in [4.78, 5) is 11.7. The first-order valence-corrected chi connectivity index (χ1v) is 5.88. The number of halogens is 1. The minimum Gasteiger partial charge on any atom is -0.383 e. The molecule has 1 amide bonds. The summed E-state index contributed by atoms with van der Waals surface area (Å²) in [6.07, 6.45) is 0. The lowest BCUT2D eigenvalue weighted by molar-refractivity contribution is 0.0953. The Kier molecular flexibility index (Phi) is 6.32. The molecule has 0 saturated heterocycles. The number of methoxy groups -OCH3 is 1. The molecule has 0 heterocycles. The van der Waals surface area contributed by atoms with Gasteiger partial charge in [0.1, 0.15) is 5.82 Å². The van der Waals surface area contributed by atoms with Crippen molar-refractivity contribution in [2.75, 3.05) is 33.4 Å². The minimum atomic E-state index is -0.390. The van der Waals surface area contributed by atoms with E-state index in [1.807, 2.05) is 0 Å². The van der Waals surface area contributed by atoms with Gasteiger partial charge in [-0.15, -0.1) is 0 Å². The SMILES string of the molecule is COCCNCCNC(=O)c1cc(C)cc(F)c1. The molecule has 0 radical (unpaired) electrons. The summed E-state index contributed by atoms with van der Waals surface area (Å²) in [5.74, 6) is -0.649. The van der Waals surface area contributed by atoms with Crippen LogP contribution in [-0.2, 0) is 4.74 Å². The predicted molar refractivity (Wildman–Crippen MR) is 68.2 cm³/mol. The summed E-state index contributed by atoms with van der Waals surface area (Å²) < 4.78 is 18.0. The Balaban J connectivity index is 2.32. The van der Waals surface area contributed by atoms with Gasteiger partial charge in [0, 0.05) is 32.3 Å². The van der Waals surface area contributed by atoms with Crippen LogP contribution in [0.5, 0.6) is 0 Å². The molecule has 0 saturated carbocycles. The van der Waals surface area contributed by atoms with Crippen molar-refractivity contribution in [2.45, 2.75) is 6.92 Å². The second-order valence-electron chi connectivity index (χ2n) is 4.02. The Labute approximate surface area is 107 Å². The fraction of sp³-hybridized carbons (Fsp3) is 0.462. The van der Waals surface area contributed by atoms with E-state index in [2.05, 4.69) is 10.6 Å². The van der Waals surface area contributed by atoms with Gasteiger partial charge in [0.2, 0.25) is 0 Å². The van der Waals surface area contributed by atoms with Crippen LogP contribution in [0.15, 0.2) is 18.2 Å². The number of carbonyl (C=O) groups excluding carboxylic acids is 1. The van der Waals surface area contributed by atoms with Gasteiger partial charge in [0.15, 0.2) is 0 Å². The zero-order chi connectivity index (χ0) is 13.4. The van der Waals surface area contributed by atoms with Crippen molar-refractivity contribution in [1.29, 1.82) is 0 Å². The molecule has 1 aromatic carbocycles. The number of rotatable bonds is 7. The average molecular weight is 254 g/mol. The zero-order valence-corrected chi connectivity index (χ0v) is 10.8. The van der Waals surface area contributed by atoms with Crippen molar-refractivity contribution in [2.24, 2.45) is 0 Å². The predicted octanol–water partition coefficient (Wildman–Crippen LogP) is 1.10. The van der Waals surface area contributed by atoms with Crippen molar-refractivity contribution in [1.82, 2.24) is 10.6 Å². The molecule has 0 aliphatic rings. The van der Waals surface area contributed by atoms with Crippen molar-refractivity contribution in [3.63, 3.8) is 0 Å². The summed E-state index contributed by atoms with van der Waals surface area (Å²) in [6.45, 7) is 4.29. The third-order valence-corrected chi connectivity index (χ3v) is 2.37. The number of ether oxygens (including phenoxy) is 1. The second-order valence-corrected chi connectivity index (χ2v) is 4.02. The van der Waals surface area contributed by atoms with Crippen LogP contribution in [0.2, 0.25) is 0 Å². The Hall–Kier alpha value is -1.46. The monoisotopic (exact) mass is 254 g/mol. The third-order valence-electron chi connectivity index (χ3n) is 2.37. The lowest BCUT2D eigenvalue weighted by Gasteiger charge is -2.07. The molecule has 0 aromatic heterocycles. The molecular formula is C13H19FN2O2. The van der Waals surface area contributed by atoms with E-state index < -0.39 is 5.82 Å². The summed E-state index contributed by atoms with van der Waals surface area (Å²) in [5, 5.41) is 5.82. The van der Waals surface area contributed by atoms with Crippen molar-refractivity contribution in [3.05, 3.63) is 35.1 Å². The fourth-order valence-corrected chi connectivity index (χ4v) is 1.53. The quantitative estimate of drug-likeness (QED) is 0.716. The molecule has 2 N–H and O–H groups in total. The summed E-state index contributed by atoms with van der Waals surface area (Å²) in [6, 6.07) is 4.29. The van der Waals surface area contributed by atoms with Gasteiger partial charge in [-0.2, -0.15) is 0 Å². The summed E-state index contributed by atoms with van der Waals surface area (Å²) >= 11 is 0. The van der Waals surface area contributed by atoms with Crippen LogP contribution < -0.4 is 10.6 Å². The van der Waals surface area contributed by atoms with Gasteiger partial charge in [-0.25, -0.2) is 4.39 Å². The number of hydrogen-bond donors (Lipinski definition) is 2. The lowest BCUT2D eigenvalue weighted by Crippen LogP contribution is -2.33. The Bertz CT molecular complexity index is 376. The molecule has 0 bridgehead atoms. The molecule has 0 aliphatic heterocycles. The number of aryl methyl sites for hydroxylation is 1. The van der Waals surface area contributed by atoms with Crippen LogP contribution in [-0.4, -0.2) is 39.3 Å². The molecule has 18 heavy (non-hydrogen) atoms. The van der Waals surface area contributed by atoms with Gasteiger partial charge in [-0.05, 0) is 30.7 Å². The van der Waals surface area contributed by atoms with Crippen LogP contribution in [0.25, 0.3) is 0 Å². The topological polar surface area (TPSA) is 50.4 Å². The van der Waals surface area contributed by atoms with Crippen LogP contribution in [0, 0.1) is 12.7 Å². The van der Waals surface area contributed by atoms with Crippen LogP contribution in [0.3, 0.4) is 0 Å². The molecule has 0 unspecified atom stereocenters. The molecule has 0 fully saturated rings. The molecule has 4 nitrogen and oxygen atoms in total. The standard InChI is InChI=1S/C13H19FN2O2/c1-10-7-11(9-12(14)8-10)13(17)16-4-3-15-5-6-18-2/h7-9,15H,3-6H2,1-2H3,(H,16,17). The molecule has 1 aromatic rings. The average Bonchev–Trinajstić information content (AvgIpc) is 2.32. The fourth-order valence-electron chi connectivity index (χ4n) is 1.53. The number of hydrogen-bond acceptors (Lipinski definition) is 3. The van der Waals surface area contributed by atoms with E-state index >= 15 is 0 Å². The van der Waals surface area contributed by atoms with Gasteiger partial charge in [0.25, 0.3) is 5.91 Å². The zero-order valence-electron chi connectivity index (χ0n) is 10.8. The molecule has 0 spiro atoms. The highest BCUT2D eigenvalue weighted by molar-refractivity contribution is 5.94. The maximum absolute atomic E-state index is 13.1. The molecule has 0 aliphatic carbocycles. The molecule has 0 atom stereocenters. The molecule has 100 valence electrons. The van der Waals surface area contributed by atoms with E-state index in [-0.39, 0.29) is 5.91 Å². The summed E-state index contributed by atoms with van der Waals surface area (Å²) in [7, 11) is 1.63. The molecular weight excluding hydrogens is 235 g/mol. The van der Waals surface area contributed by atoms with Crippen molar-refractivity contribution < 1.29 is 13.9 Å². The normalized spacial score (nSPS) is 10.4. The minimum absolute atomic E-state index is 0.258. The van der Waals surface area contributed by atoms with Gasteiger partial charge in [0.05, 0.1) is 6.61 Å². The summed E-state index contributed by atoms with van der Waals surface area (Å²) in [5.41, 5.74) is 1.09. The maximum Gasteiger partial charge on any atom is 0.251 e. The van der Waals surface area contributed by atoms with Gasteiger partial charge >= 0.3 is 0 Å². The van der Waals surface area contributed by atoms with E-state index in [0.717, 1.165) is 12.1 Å². The highest BCUT2D eigenvalue weighted by atomic mass is 19.1. The number of amides is 1. The third kappa shape index (κ3) is 5.25. The highest BCUT2D eigenvalue weighted by Gasteiger charge is 2.06. The van der Waals surface area contributed by atoms with Crippen LogP contribution in [0.4, 0.5) is 4.39 Å². The van der Waals surface area contributed by atoms with E-state index in [0.29, 0.717) is 25.3 Å². The second kappa shape index (κ2) is 7.79. The van der Waals surface area contributed by atoms with Gasteiger partial charge in [-0.1, -0.05) is 0 Å². The Morgan fingerprint density at radius 1 is 1.28 bits per heavy atom. The Morgan fingerprint density at radius 2 is 2.06 bits per heavy atom. The van der Waals surface area contributed by atoms with Crippen molar-refractivity contribution >= 4 is 5.91 Å². The van der Waals surface area contributed by atoms with E-state index in [4.69, 9.17) is 4.74 Å². The van der Waals surface area contributed by atoms with Crippen LogP contribution >= 0.6 is 0 Å². The number of benzene rings is 1. The number of nitrogens with one attached hydrogen (secondary N) is 2. The van der Waals surface area contributed by atoms with Gasteiger partial charge in [-0.3, -0.25) is 4.79 Å². The maximum atomic E-state index is 13.1. The van der Waals surface area contributed by atoms with Crippen LogP contribution in [0.1, 0.15) is 15.9 Å². The lowest BCUT2D eigenvalue weighted by atomic mass is 10.1. The first-order chi connectivity index (χ1) is 8.63. The first kappa shape index (κ1) is 14.6. The van der Waals surface area contributed by atoms with Crippen molar-refractivity contribution in [3.8, 4) is 0 Å². The Morgan fingerprint density at radius 3 is 2.72 bits per heavy atom. The van der Waals surface area contributed by atoms with Gasteiger partial charge < -0.3 is 15.4 Å². The highest BCUT2D eigenvalue weighted by Crippen LogP contribution is 2.07. The smallest absolute Gasteiger partial charge is 0.251 e. The molecule has 1 rings (SSSR count). The van der Waals surface area contributed by atoms with E-state index in [1.165, 1.54) is 12.1 Å². The van der Waals surface area contributed by atoms with E-state index in [9.17, 15) is 9.18 Å². The number of carbonyl (C=O) groups is 1. The first-order valence-electron chi connectivity index (χ1n) is 5.88.